The molecule has 0 fully saturated rings. The van der Waals surface area contributed by atoms with Crippen LogP contribution in [0.4, 0.5) is 0 Å². The normalized spacial score (nSPS) is 11.3. The second-order valence-electron chi connectivity index (χ2n) is 5.96. The van der Waals surface area contributed by atoms with Crippen LogP contribution in [-0.2, 0) is 0 Å². The number of rotatable bonds is 3. The lowest BCUT2D eigenvalue weighted by atomic mass is 10.1. The van der Waals surface area contributed by atoms with E-state index in [1.165, 1.54) is 4.70 Å². The standard InChI is InChI=1S/C21H12ClN3S2/c22-14-11-9-13(10-12-14)19-15-5-1-2-6-16(15)20(25-24-19)27-21-23-17-7-3-4-8-18(17)26-21/h1-12H. The van der Waals surface area contributed by atoms with E-state index in [1.54, 1.807) is 23.1 Å². The quantitative estimate of drug-likeness (QED) is 0.334. The molecule has 0 N–H and O–H groups in total. The maximum absolute atomic E-state index is 6.02. The van der Waals surface area contributed by atoms with Crippen LogP contribution in [0.15, 0.2) is 82.2 Å². The van der Waals surface area contributed by atoms with Gasteiger partial charge in [-0.2, -0.15) is 0 Å². The second kappa shape index (κ2) is 6.93. The van der Waals surface area contributed by atoms with Gasteiger partial charge in [0.15, 0.2) is 4.34 Å². The summed E-state index contributed by atoms with van der Waals surface area (Å²) in [6.45, 7) is 0. The number of para-hydroxylation sites is 1. The number of nitrogens with zero attached hydrogens (tertiary/aromatic N) is 3. The highest BCUT2D eigenvalue weighted by Crippen LogP contribution is 2.38. The fourth-order valence-electron chi connectivity index (χ4n) is 2.95. The molecular weight excluding hydrogens is 394 g/mol. The van der Waals surface area contributed by atoms with E-state index < -0.39 is 0 Å². The van der Waals surface area contributed by atoms with Gasteiger partial charge in [-0.3, -0.25) is 0 Å². The van der Waals surface area contributed by atoms with E-state index in [4.69, 9.17) is 16.6 Å². The topological polar surface area (TPSA) is 38.7 Å². The monoisotopic (exact) mass is 405 g/mol. The Hall–Kier alpha value is -2.47. The predicted molar refractivity (Wildman–Crippen MR) is 114 cm³/mol. The summed E-state index contributed by atoms with van der Waals surface area (Å²) in [6, 6.07) is 24.1. The molecule has 0 saturated carbocycles. The highest BCUT2D eigenvalue weighted by Gasteiger charge is 2.14. The summed E-state index contributed by atoms with van der Waals surface area (Å²) in [4.78, 5) is 4.70. The first-order chi connectivity index (χ1) is 13.3. The predicted octanol–water partition coefficient (Wildman–Crippen LogP) is 6.71. The number of halogens is 1. The minimum absolute atomic E-state index is 0.707. The van der Waals surface area contributed by atoms with E-state index in [1.807, 2.05) is 54.6 Å². The van der Waals surface area contributed by atoms with E-state index in [0.29, 0.717) is 5.02 Å². The minimum Gasteiger partial charge on any atom is -0.229 e. The van der Waals surface area contributed by atoms with Crippen molar-refractivity contribution in [1.29, 1.82) is 0 Å². The van der Waals surface area contributed by atoms with Gasteiger partial charge >= 0.3 is 0 Å². The summed E-state index contributed by atoms with van der Waals surface area (Å²) < 4.78 is 2.14. The average Bonchev–Trinajstić information content (AvgIpc) is 3.11. The highest BCUT2D eigenvalue weighted by molar-refractivity contribution is 8.01. The molecule has 5 aromatic rings. The molecule has 0 radical (unpaired) electrons. The first-order valence-electron chi connectivity index (χ1n) is 8.33. The zero-order chi connectivity index (χ0) is 18.2. The van der Waals surface area contributed by atoms with Crippen molar-refractivity contribution in [2.75, 3.05) is 0 Å². The average molecular weight is 406 g/mol. The van der Waals surface area contributed by atoms with Gasteiger partial charge in [0.05, 0.1) is 10.2 Å². The van der Waals surface area contributed by atoms with Crippen molar-refractivity contribution >= 4 is 55.7 Å². The lowest BCUT2D eigenvalue weighted by molar-refractivity contribution is 0.961. The molecule has 0 saturated heterocycles. The molecule has 5 rings (SSSR count). The number of benzene rings is 3. The molecule has 0 atom stereocenters. The molecular formula is C21H12ClN3S2. The molecule has 0 spiro atoms. The molecule has 0 aliphatic carbocycles. The third kappa shape index (κ3) is 3.18. The third-order valence-electron chi connectivity index (χ3n) is 4.23. The number of thiazole rings is 1. The summed E-state index contributed by atoms with van der Waals surface area (Å²) in [6.07, 6.45) is 0. The first kappa shape index (κ1) is 16.7. The summed E-state index contributed by atoms with van der Waals surface area (Å²) in [7, 11) is 0. The van der Waals surface area contributed by atoms with Gasteiger partial charge in [-0.05, 0) is 36.0 Å². The van der Waals surface area contributed by atoms with Crippen LogP contribution in [-0.4, -0.2) is 15.2 Å². The van der Waals surface area contributed by atoms with Crippen molar-refractivity contribution in [1.82, 2.24) is 15.2 Å². The number of hydrogen-bond donors (Lipinski definition) is 0. The van der Waals surface area contributed by atoms with Gasteiger partial charge in [0.2, 0.25) is 0 Å². The maximum Gasteiger partial charge on any atom is 0.157 e. The Morgan fingerprint density at radius 2 is 1.52 bits per heavy atom. The third-order valence-corrected chi connectivity index (χ3v) is 6.57. The highest BCUT2D eigenvalue weighted by atomic mass is 35.5. The van der Waals surface area contributed by atoms with Crippen molar-refractivity contribution in [2.24, 2.45) is 0 Å². The Kier molecular flexibility index (Phi) is 4.28. The first-order valence-corrected chi connectivity index (χ1v) is 10.3. The summed E-state index contributed by atoms with van der Waals surface area (Å²) in [5.41, 5.74) is 2.87. The van der Waals surface area contributed by atoms with Crippen LogP contribution in [0.5, 0.6) is 0 Å². The molecule has 0 aliphatic heterocycles. The maximum atomic E-state index is 6.02. The Labute approximate surface area is 169 Å². The molecule has 130 valence electrons. The van der Waals surface area contributed by atoms with Gasteiger partial charge in [0.1, 0.15) is 10.7 Å². The summed E-state index contributed by atoms with van der Waals surface area (Å²) in [5.74, 6) is 0. The Morgan fingerprint density at radius 3 is 2.33 bits per heavy atom. The van der Waals surface area contributed by atoms with Gasteiger partial charge in [-0.1, -0.05) is 60.1 Å². The van der Waals surface area contributed by atoms with Crippen molar-refractivity contribution < 1.29 is 0 Å². The van der Waals surface area contributed by atoms with Crippen molar-refractivity contribution in [3.05, 3.63) is 77.8 Å². The second-order valence-corrected chi connectivity index (χ2v) is 8.66. The minimum atomic E-state index is 0.707. The SMILES string of the molecule is Clc1ccc(-c2nnc(Sc3nc4ccccc4s3)c3ccccc23)cc1. The molecule has 2 aromatic heterocycles. The fourth-order valence-corrected chi connectivity index (χ4v) is 5.13. The Balaban J connectivity index is 1.61. The largest absolute Gasteiger partial charge is 0.229 e. The molecule has 2 heterocycles. The zero-order valence-corrected chi connectivity index (χ0v) is 16.4. The molecule has 3 nitrogen and oxygen atoms in total. The van der Waals surface area contributed by atoms with Crippen LogP contribution < -0.4 is 0 Å². The number of fused-ring (bicyclic) bond motifs is 2. The van der Waals surface area contributed by atoms with Gasteiger partial charge in [0, 0.05) is 21.4 Å². The molecule has 0 amide bonds. The fraction of sp³-hybridized carbons (Fsp3) is 0. The van der Waals surface area contributed by atoms with Gasteiger partial charge in [-0.15, -0.1) is 21.5 Å². The van der Waals surface area contributed by atoms with Crippen LogP contribution in [0.25, 0.3) is 32.2 Å². The van der Waals surface area contributed by atoms with E-state index in [2.05, 4.69) is 28.4 Å². The Bertz CT molecular complexity index is 1230. The summed E-state index contributed by atoms with van der Waals surface area (Å²) >= 11 is 9.26. The lowest BCUT2D eigenvalue weighted by Crippen LogP contribution is -1.93. The molecule has 3 aromatic carbocycles. The Morgan fingerprint density at radius 1 is 0.778 bits per heavy atom. The van der Waals surface area contributed by atoms with E-state index in [9.17, 15) is 0 Å². The van der Waals surface area contributed by atoms with Gasteiger partial charge in [-0.25, -0.2) is 4.98 Å². The van der Waals surface area contributed by atoms with Crippen LogP contribution in [0.3, 0.4) is 0 Å². The van der Waals surface area contributed by atoms with E-state index >= 15 is 0 Å². The molecule has 0 bridgehead atoms. The van der Waals surface area contributed by atoms with E-state index in [0.717, 1.165) is 36.9 Å². The molecule has 0 aliphatic rings. The van der Waals surface area contributed by atoms with Crippen molar-refractivity contribution in [3.8, 4) is 11.3 Å². The molecule has 27 heavy (non-hydrogen) atoms. The van der Waals surface area contributed by atoms with Gasteiger partial charge < -0.3 is 0 Å². The lowest BCUT2D eigenvalue weighted by Gasteiger charge is -2.08. The van der Waals surface area contributed by atoms with Crippen LogP contribution in [0, 0.1) is 0 Å². The van der Waals surface area contributed by atoms with Crippen LogP contribution >= 0.6 is 34.7 Å². The van der Waals surface area contributed by atoms with Crippen molar-refractivity contribution in [3.63, 3.8) is 0 Å². The zero-order valence-electron chi connectivity index (χ0n) is 14.0. The van der Waals surface area contributed by atoms with Crippen LogP contribution in [0.2, 0.25) is 5.02 Å². The van der Waals surface area contributed by atoms with Crippen LogP contribution in [0.1, 0.15) is 0 Å². The molecule has 6 heteroatoms. The summed E-state index contributed by atoms with van der Waals surface area (Å²) in [5, 5.41) is 12.7. The number of aromatic nitrogens is 3. The smallest absolute Gasteiger partial charge is 0.157 e. The van der Waals surface area contributed by atoms with E-state index in [-0.39, 0.29) is 0 Å². The molecule has 0 unspecified atom stereocenters. The van der Waals surface area contributed by atoms with Gasteiger partial charge in [0.25, 0.3) is 0 Å². The number of hydrogen-bond acceptors (Lipinski definition) is 5. The van der Waals surface area contributed by atoms with Crippen molar-refractivity contribution in [2.45, 2.75) is 9.37 Å².